The third-order valence-electron chi connectivity index (χ3n) is 4.75. The van der Waals surface area contributed by atoms with Gasteiger partial charge in [0.05, 0.1) is 25.7 Å². The second kappa shape index (κ2) is 13.8. The van der Waals surface area contributed by atoms with Crippen LogP contribution < -0.4 is 5.32 Å². The molecule has 0 aliphatic carbocycles. The molecule has 0 radical (unpaired) electrons. The molecule has 7 heteroatoms. The molecule has 0 amide bonds. The van der Waals surface area contributed by atoms with E-state index in [4.69, 9.17) is 9.47 Å². The molecule has 6 nitrogen and oxygen atoms in total. The number of aliphatic imine (C=N–C) groups is 1. The number of hydrogen-bond acceptors (Lipinski definition) is 4. The summed E-state index contributed by atoms with van der Waals surface area (Å²) in [6.45, 7) is 8.25. The summed E-state index contributed by atoms with van der Waals surface area (Å²) >= 11 is 0. The van der Waals surface area contributed by atoms with E-state index in [1.54, 1.807) is 7.05 Å². The van der Waals surface area contributed by atoms with E-state index in [0.717, 1.165) is 38.4 Å². The van der Waals surface area contributed by atoms with E-state index in [2.05, 4.69) is 34.3 Å². The minimum atomic E-state index is -0.0655. The highest BCUT2D eigenvalue weighted by Gasteiger charge is 2.27. The van der Waals surface area contributed by atoms with Gasteiger partial charge in [-0.25, -0.2) is 0 Å². The number of nitrogens with zero attached hydrogens (tertiary/aromatic N) is 2. The van der Waals surface area contributed by atoms with E-state index < -0.39 is 0 Å². The molecule has 0 bridgehead atoms. The summed E-state index contributed by atoms with van der Waals surface area (Å²) in [7, 11) is 1.80. The van der Waals surface area contributed by atoms with Gasteiger partial charge in [0.25, 0.3) is 0 Å². The van der Waals surface area contributed by atoms with Gasteiger partial charge in [0, 0.05) is 26.7 Å². The van der Waals surface area contributed by atoms with Gasteiger partial charge in [-0.2, -0.15) is 0 Å². The Morgan fingerprint density at radius 3 is 2.57 bits per heavy atom. The van der Waals surface area contributed by atoms with Gasteiger partial charge in [-0.1, -0.05) is 37.3 Å². The lowest BCUT2D eigenvalue weighted by molar-refractivity contribution is -0.149. The number of ether oxygens (including phenoxy) is 2. The molecule has 1 fully saturated rings. The lowest BCUT2D eigenvalue weighted by Gasteiger charge is -2.33. The Morgan fingerprint density at radius 2 is 1.96 bits per heavy atom. The fraction of sp³-hybridized carbons (Fsp3) is 0.619. The first-order valence-corrected chi connectivity index (χ1v) is 9.88. The van der Waals surface area contributed by atoms with E-state index >= 15 is 0 Å². The standard InChI is InChI=1S/C21H33N3O3.HI/c1-4-27-20(25)19-10-12-24(13-11-19)21(22-3)23-14-17(2)15-26-16-18-8-6-5-7-9-18;/h5-9,17,19H,4,10-16H2,1-3H3,(H,22,23);1H. The fourth-order valence-electron chi connectivity index (χ4n) is 3.20. The van der Waals surface area contributed by atoms with Crippen molar-refractivity contribution < 1.29 is 14.3 Å². The van der Waals surface area contributed by atoms with Crippen LogP contribution in [0.4, 0.5) is 0 Å². The maximum absolute atomic E-state index is 11.9. The van der Waals surface area contributed by atoms with Crippen LogP contribution in [0.1, 0.15) is 32.3 Å². The largest absolute Gasteiger partial charge is 0.466 e. The van der Waals surface area contributed by atoms with E-state index in [1.165, 1.54) is 5.56 Å². The predicted octanol–water partition coefficient (Wildman–Crippen LogP) is 3.31. The molecular formula is C21H34IN3O3. The van der Waals surface area contributed by atoms with Crippen LogP contribution in [0.25, 0.3) is 0 Å². The van der Waals surface area contributed by atoms with Crippen LogP contribution in [-0.4, -0.2) is 56.7 Å². The maximum Gasteiger partial charge on any atom is 0.309 e. The van der Waals surface area contributed by atoms with Crippen LogP contribution in [0.3, 0.4) is 0 Å². The van der Waals surface area contributed by atoms with Crippen molar-refractivity contribution in [1.82, 2.24) is 10.2 Å². The summed E-state index contributed by atoms with van der Waals surface area (Å²) in [5.74, 6) is 1.23. The van der Waals surface area contributed by atoms with E-state index in [-0.39, 0.29) is 35.9 Å². The highest BCUT2D eigenvalue weighted by atomic mass is 127. The molecule has 0 aromatic heterocycles. The molecule has 1 saturated heterocycles. The Balaban J connectivity index is 0.00000392. The van der Waals surface area contributed by atoms with Crippen molar-refractivity contribution in [3.05, 3.63) is 35.9 Å². The predicted molar refractivity (Wildman–Crippen MR) is 123 cm³/mol. The van der Waals surface area contributed by atoms with Gasteiger partial charge < -0.3 is 19.7 Å². The van der Waals surface area contributed by atoms with Crippen LogP contribution in [0.2, 0.25) is 0 Å². The lowest BCUT2D eigenvalue weighted by Crippen LogP contribution is -2.47. The maximum atomic E-state index is 11.9. The second-order valence-corrected chi connectivity index (χ2v) is 7.05. The number of esters is 1. The molecule has 2 rings (SSSR count). The molecule has 1 atom stereocenters. The number of hydrogen-bond donors (Lipinski definition) is 1. The first-order valence-electron chi connectivity index (χ1n) is 9.88. The van der Waals surface area contributed by atoms with Crippen molar-refractivity contribution in [2.75, 3.05) is 39.9 Å². The van der Waals surface area contributed by atoms with Gasteiger partial charge >= 0.3 is 5.97 Å². The number of piperidine rings is 1. The summed E-state index contributed by atoms with van der Waals surface area (Å²) in [5.41, 5.74) is 1.19. The monoisotopic (exact) mass is 503 g/mol. The second-order valence-electron chi connectivity index (χ2n) is 7.05. The van der Waals surface area contributed by atoms with Gasteiger partial charge in [0.2, 0.25) is 0 Å². The molecule has 1 aromatic carbocycles. The van der Waals surface area contributed by atoms with Crippen LogP contribution >= 0.6 is 24.0 Å². The Kier molecular flexibility index (Phi) is 12.1. The van der Waals surface area contributed by atoms with Crippen LogP contribution in [0, 0.1) is 11.8 Å². The molecule has 1 aliphatic heterocycles. The summed E-state index contributed by atoms with van der Waals surface area (Å²) < 4.78 is 10.9. The van der Waals surface area contributed by atoms with Crippen molar-refractivity contribution in [2.45, 2.75) is 33.3 Å². The topological polar surface area (TPSA) is 63.2 Å². The van der Waals surface area contributed by atoms with Crippen LogP contribution in [-0.2, 0) is 20.9 Å². The Morgan fingerprint density at radius 1 is 1.29 bits per heavy atom. The van der Waals surface area contributed by atoms with Crippen molar-refractivity contribution >= 4 is 35.9 Å². The van der Waals surface area contributed by atoms with Crippen molar-refractivity contribution in [2.24, 2.45) is 16.8 Å². The smallest absolute Gasteiger partial charge is 0.309 e. The lowest BCUT2D eigenvalue weighted by atomic mass is 9.97. The number of benzene rings is 1. The van der Waals surface area contributed by atoms with E-state index in [1.807, 2.05) is 25.1 Å². The zero-order valence-corrected chi connectivity index (χ0v) is 19.6. The molecule has 1 N–H and O–H groups in total. The number of carbonyl (C=O) groups excluding carboxylic acids is 1. The molecule has 28 heavy (non-hydrogen) atoms. The zero-order valence-electron chi connectivity index (χ0n) is 17.2. The third kappa shape index (κ3) is 8.34. The van der Waals surface area contributed by atoms with Crippen LogP contribution in [0.15, 0.2) is 35.3 Å². The van der Waals surface area contributed by atoms with Crippen LogP contribution in [0.5, 0.6) is 0 Å². The van der Waals surface area contributed by atoms with E-state index in [0.29, 0.717) is 25.7 Å². The molecule has 1 aromatic rings. The van der Waals surface area contributed by atoms with Gasteiger partial charge in [-0.05, 0) is 31.2 Å². The minimum absolute atomic E-state index is 0. The fourth-order valence-corrected chi connectivity index (χ4v) is 3.20. The molecule has 1 aliphatic rings. The molecular weight excluding hydrogens is 469 g/mol. The normalized spacial score (nSPS) is 16.2. The van der Waals surface area contributed by atoms with Gasteiger partial charge in [0.1, 0.15) is 0 Å². The number of guanidine groups is 1. The molecule has 1 heterocycles. The van der Waals surface area contributed by atoms with Crippen molar-refractivity contribution in [3.8, 4) is 0 Å². The van der Waals surface area contributed by atoms with Gasteiger partial charge in [-0.15, -0.1) is 24.0 Å². The first kappa shape index (κ1) is 24.7. The van der Waals surface area contributed by atoms with Crippen molar-refractivity contribution in [3.63, 3.8) is 0 Å². The van der Waals surface area contributed by atoms with Crippen molar-refractivity contribution in [1.29, 1.82) is 0 Å². The highest BCUT2D eigenvalue weighted by Crippen LogP contribution is 2.18. The number of rotatable bonds is 8. The molecule has 1 unspecified atom stereocenters. The van der Waals surface area contributed by atoms with Gasteiger partial charge in [-0.3, -0.25) is 9.79 Å². The Hall–Kier alpha value is -1.35. The average Bonchev–Trinajstić information content (AvgIpc) is 2.70. The summed E-state index contributed by atoms with van der Waals surface area (Å²) in [6.07, 6.45) is 1.63. The van der Waals surface area contributed by atoms with Gasteiger partial charge in [0.15, 0.2) is 5.96 Å². The molecule has 158 valence electrons. The summed E-state index contributed by atoms with van der Waals surface area (Å²) in [6, 6.07) is 10.2. The van der Waals surface area contributed by atoms with E-state index in [9.17, 15) is 4.79 Å². The third-order valence-corrected chi connectivity index (χ3v) is 4.75. The summed E-state index contributed by atoms with van der Waals surface area (Å²) in [5, 5.41) is 3.44. The number of likely N-dealkylation sites (tertiary alicyclic amines) is 1. The molecule has 0 spiro atoms. The highest BCUT2D eigenvalue weighted by molar-refractivity contribution is 14.0. The summed E-state index contributed by atoms with van der Waals surface area (Å²) in [4.78, 5) is 18.5. The minimum Gasteiger partial charge on any atom is -0.466 e. The Bertz CT molecular complexity index is 590. The quantitative estimate of drug-likeness (QED) is 0.255. The number of nitrogens with one attached hydrogen (secondary N) is 1. The Labute approximate surface area is 186 Å². The number of carbonyl (C=O) groups is 1. The number of halogens is 1. The SMILES string of the molecule is CCOC(=O)C1CCN(C(=NC)NCC(C)COCc2ccccc2)CC1.I. The average molecular weight is 503 g/mol. The zero-order chi connectivity index (χ0) is 19.5. The first-order chi connectivity index (χ1) is 13.1. The molecule has 0 saturated carbocycles.